The maximum Gasteiger partial charge on any atom is 0.0947 e. The smallest absolute Gasteiger partial charge is 0.0947 e. The number of likely N-dealkylation sites (tertiary alicyclic amines) is 1. The highest BCUT2D eigenvalue weighted by Gasteiger charge is 2.40. The standard InChI is InChI=1S/C19H29NO/c1-3-19(4-2)12-13-20(14-19)17-11-7-9-15-8-5-6-10-16(15)18(17)21/h5-6,8,10,17-18,21H,3-4,7,9,11-14H2,1-2H3. The average Bonchev–Trinajstić information content (AvgIpc) is 2.89. The Hall–Kier alpha value is -0.860. The zero-order valence-electron chi connectivity index (χ0n) is 13.5. The second-order valence-electron chi connectivity index (χ2n) is 7.03. The lowest BCUT2D eigenvalue weighted by molar-refractivity contribution is 0.0503. The maximum absolute atomic E-state index is 10.9. The molecule has 1 N–H and O–H groups in total. The summed E-state index contributed by atoms with van der Waals surface area (Å²) < 4.78 is 0. The van der Waals surface area contributed by atoms with Gasteiger partial charge in [-0.3, -0.25) is 4.90 Å². The second-order valence-corrected chi connectivity index (χ2v) is 7.03. The molecule has 2 aliphatic rings. The number of aliphatic hydroxyl groups is 1. The predicted octanol–water partition coefficient (Wildman–Crippen LogP) is 3.94. The van der Waals surface area contributed by atoms with Gasteiger partial charge in [-0.1, -0.05) is 38.1 Å². The summed E-state index contributed by atoms with van der Waals surface area (Å²) in [7, 11) is 0. The Labute approximate surface area is 129 Å². The zero-order valence-corrected chi connectivity index (χ0v) is 13.5. The van der Waals surface area contributed by atoms with E-state index in [2.05, 4.69) is 43.0 Å². The van der Waals surface area contributed by atoms with Crippen LogP contribution in [0.1, 0.15) is 63.2 Å². The third-order valence-corrected chi connectivity index (χ3v) is 6.12. The minimum Gasteiger partial charge on any atom is -0.387 e. The summed E-state index contributed by atoms with van der Waals surface area (Å²) in [5, 5.41) is 10.9. The van der Waals surface area contributed by atoms with Gasteiger partial charge < -0.3 is 5.11 Å². The number of fused-ring (bicyclic) bond motifs is 1. The Kier molecular flexibility index (Phi) is 4.37. The molecule has 1 aliphatic carbocycles. The summed E-state index contributed by atoms with van der Waals surface area (Å²) in [5.41, 5.74) is 3.01. The van der Waals surface area contributed by atoms with Crippen LogP contribution >= 0.6 is 0 Å². The number of hydrogen-bond donors (Lipinski definition) is 1. The van der Waals surface area contributed by atoms with E-state index in [9.17, 15) is 5.11 Å². The number of nitrogens with zero attached hydrogens (tertiary/aromatic N) is 1. The molecule has 1 aromatic carbocycles. The van der Waals surface area contributed by atoms with E-state index in [4.69, 9.17) is 0 Å². The second kappa shape index (κ2) is 6.10. The van der Waals surface area contributed by atoms with Crippen LogP contribution in [0.5, 0.6) is 0 Å². The van der Waals surface area contributed by atoms with Crippen LogP contribution in [0.15, 0.2) is 24.3 Å². The first-order valence-electron chi connectivity index (χ1n) is 8.69. The highest BCUT2D eigenvalue weighted by Crippen LogP contribution is 2.41. The van der Waals surface area contributed by atoms with E-state index in [0.717, 1.165) is 19.4 Å². The van der Waals surface area contributed by atoms with Gasteiger partial charge in [0.05, 0.1) is 6.10 Å². The van der Waals surface area contributed by atoms with Crippen molar-refractivity contribution in [3.63, 3.8) is 0 Å². The molecule has 0 spiro atoms. The number of rotatable bonds is 3. The van der Waals surface area contributed by atoms with Crippen LogP contribution in [0, 0.1) is 5.41 Å². The minimum absolute atomic E-state index is 0.312. The topological polar surface area (TPSA) is 23.5 Å². The Morgan fingerprint density at radius 2 is 2.00 bits per heavy atom. The molecule has 0 bridgehead atoms. The third-order valence-electron chi connectivity index (χ3n) is 6.12. The fourth-order valence-electron chi connectivity index (χ4n) is 4.38. The van der Waals surface area contributed by atoms with E-state index in [-0.39, 0.29) is 6.10 Å². The molecular formula is C19H29NO. The van der Waals surface area contributed by atoms with E-state index in [0.29, 0.717) is 11.5 Å². The Morgan fingerprint density at radius 3 is 2.71 bits per heavy atom. The molecule has 1 saturated heterocycles. The summed E-state index contributed by atoms with van der Waals surface area (Å²) in [6.45, 7) is 6.98. The van der Waals surface area contributed by atoms with Crippen LogP contribution in [0.3, 0.4) is 0 Å². The SMILES string of the molecule is CCC1(CC)CCN(C2CCCc3ccccc3C2O)C1. The van der Waals surface area contributed by atoms with Crippen molar-refractivity contribution in [2.45, 2.75) is 64.5 Å². The number of aryl methyl sites for hydroxylation is 1. The lowest BCUT2D eigenvalue weighted by Crippen LogP contribution is -2.39. The largest absolute Gasteiger partial charge is 0.387 e. The maximum atomic E-state index is 10.9. The summed E-state index contributed by atoms with van der Waals surface area (Å²) in [6, 6.07) is 8.79. The van der Waals surface area contributed by atoms with Gasteiger partial charge in [0.15, 0.2) is 0 Å². The van der Waals surface area contributed by atoms with E-state index < -0.39 is 0 Å². The molecule has 3 rings (SSSR count). The predicted molar refractivity (Wildman–Crippen MR) is 87.3 cm³/mol. The molecule has 1 fully saturated rings. The lowest BCUT2D eigenvalue weighted by atomic mass is 9.82. The molecule has 1 aliphatic heterocycles. The normalized spacial score (nSPS) is 29.1. The summed E-state index contributed by atoms with van der Waals surface area (Å²) in [4.78, 5) is 2.58. The molecule has 2 nitrogen and oxygen atoms in total. The fraction of sp³-hybridized carbons (Fsp3) is 0.684. The lowest BCUT2D eigenvalue weighted by Gasteiger charge is -2.33. The van der Waals surface area contributed by atoms with Crippen molar-refractivity contribution in [1.82, 2.24) is 4.90 Å². The van der Waals surface area contributed by atoms with Gasteiger partial charge in [0, 0.05) is 12.6 Å². The number of hydrogen-bond acceptors (Lipinski definition) is 2. The average molecular weight is 287 g/mol. The molecular weight excluding hydrogens is 258 g/mol. The first-order valence-corrected chi connectivity index (χ1v) is 8.69. The van der Waals surface area contributed by atoms with Crippen molar-refractivity contribution in [3.05, 3.63) is 35.4 Å². The molecule has 21 heavy (non-hydrogen) atoms. The molecule has 1 aromatic rings. The van der Waals surface area contributed by atoms with Crippen LogP contribution in [-0.4, -0.2) is 29.1 Å². The minimum atomic E-state index is -0.312. The summed E-state index contributed by atoms with van der Waals surface area (Å²) >= 11 is 0. The molecule has 2 atom stereocenters. The van der Waals surface area contributed by atoms with Crippen molar-refractivity contribution < 1.29 is 5.11 Å². The third kappa shape index (κ3) is 2.76. The summed E-state index contributed by atoms with van der Waals surface area (Å²) in [6.07, 6.45) is 6.95. The highest BCUT2D eigenvalue weighted by atomic mass is 16.3. The van der Waals surface area contributed by atoms with Gasteiger partial charge in [0.1, 0.15) is 0 Å². The van der Waals surface area contributed by atoms with E-state index >= 15 is 0 Å². The van der Waals surface area contributed by atoms with Gasteiger partial charge in [0.2, 0.25) is 0 Å². The molecule has 0 radical (unpaired) electrons. The van der Waals surface area contributed by atoms with Crippen LogP contribution in [0.25, 0.3) is 0 Å². The van der Waals surface area contributed by atoms with Crippen molar-refractivity contribution in [1.29, 1.82) is 0 Å². The Morgan fingerprint density at radius 1 is 1.24 bits per heavy atom. The van der Waals surface area contributed by atoms with E-state index in [1.54, 1.807) is 0 Å². The molecule has 0 aromatic heterocycles. The molecule has 116 valence electrons. The highest BCUT2D eigenvalue weighted by molar-refractivity contribution is 5.31. The van der Waals surface area contributed by atoms with Crippen molar-refractivity contribution in [2.24, 2.45) is 5.41 Å². The van der Waals surface area contributed by atoms with Crippen molar-refractivity contribution >= 4 is 0 Å². The quantitative estimate of drug-likeness (QED) is 0.851. The van der Waals surface area contributed by atoms with Gasteiger partial charge in [0.25, 0.3) is 0 Å². The molecule has 0 saturated carbocycles. The van der Waals surface area contributed by atoms with E-state index in [1.165, 1.54) is 43.4 Å². The first-order chi connectivity index (χ1) is 10.2. The summed E-state index contributed by atoms with van der Waals surface area (Å²) in [5.74, 6) is 0. The number of aliphatic hydroxyl groups excluding tert-OH is 1. The van der Waals surface area contributed by atoms with Crippen molar-refractivity contribution in [3.8, 4) is 0 Å². The van der Waals surface area contributed by atoms with Gasteiger partial charge in [-0.25, -0.2) is 0 Å². The van der Waals surface area contributed by atoms with Gasteiger partial charge in [-0.15, -0.1) is 0 Å². The van der Waals surface area contributed by atoms with Crippen LogP contribution in [-0.2, 0) is 6.42 Å². The van der Waals surface area contributed by atoms with Crippen LogP contribution in [0.2, 0.25) is 0 Å². The molecule has 2 unspecified atom stereocenters. The molecule has 1 heterocycles. The molecule has 0 amide bonds. The van der Waals surface area contributed by atoms with Crippen LogP contribution < -0.4 is 0 Å². The fourth-order valence-corrected chi connectivity index (χ4v) is 4.38. The Balaban J connectivity index is 1.81. The van der Waals surface area contributed by atoms with Crippen molar-refractivity contribution in [2.75, 3.05) is 13.1 Å². The van der Waals surface area contributed by atoms with E-state index in [1.807, 2.05) is 0 Å². The van der Waals surface area contributed by atoms with Crippen LogP contribution in [0.4, 0.5) is 0 Å². The van der Waals surface area contributed by atoms with Gasteiger partial charge in [-0.2, -0.15) is 0 Å². The Bertz CT molecular complexity index is 480. The molecule has 2 heteroatoms. The first kappa shape index (κ1) is 15.1. The van der Waals surface area contributed by atoms with Gasteiger partial charge in [-0.05, 0) is 61.6 Å². The monoisotopic (exact) mass is 287 g/mol. The zero-order chi connectivity index (χ0) is 14.9. The number of benzene rings is 1. The van der Waals surface area contributed by atoms with Gasteiger partial charge >= 0.3 is 0 Å².